The minimum Gasteiger partial charge on any atom is -0.357 e. The van der Waals surface area contributed by atoms with E-state index < -0.39 is 0 Å². The molecule has 2 heterocycles. The van der Waals surface area contributed by atoms with Gasteiger partial charge in [-0.3, -0.25) is 4.79 Å². The number of halogens is 1. The van der Waals surface area contributed by atoms with E-state index in [2.05, 4.69) is 43.3 Å². The lowest BCUT2D eigenvalue weighted by Gasteiger charge is -2.27. The zero-order valence-electron chi connectivity index (χ0n) is 14.1. The summed E-state index contributed by atoms with van der Waals surface area (Å²) in [6, 6.07) is 12.2. The molecule has 1 aliphatic carbocycles. The largest absolute Gasteiger partial charge is 0.357 e. The SMILES string of the molecule is O=C(Nc1ccc(N2CCCCC2)nc1)C1CC1c1cccc(Br)c1. The molecule has 1 aromatic carbocycles. The highest BCUT2D eigenvalue weighted by Gasteiger charge is 2.43. The van der Waals surface area contributed by atoms with Gasteiger partial charge in [0.05, 0.1) is 11.9 Å². The quantitative estimate of drug-likeness (QED) is 0.818. The maximum Gasteiger partial charge on any atom is 0.228 e. The lowest BCUT2D eigenvalue weighted by Crippen LogP contribution is -2.30. The Hall–Kier alpha value is -1.88. The lowest BCUT2D eigenvalue weighted by molar-refractivity contribution is -0.117. The summed E-state index contributed by atoms with van der Waals surface area (Å²) in [4.78, 5) is 19.3. The van der Waals surface area contributed by atoms with Crippen LogP contribution in [0.2, 0.25) is 0 Å². The highest BCUT2D eigenvalue weighted by atomic mass is 79.9. The topological polar surface area (TPSA) is 45.2 Å². The standard InChI is InChI=1S/C20H22BrN3O/c21-15-6-4-5-14(11-15)17-12-18(17)20(25)23-16-7-8-19(22-13-16)24-9-2-1-3-10-24/h4-8,11,13,17-18H,1-3,9-10,12H2,(H,23,25). The predicted octanol–water partition coefficient (Wildman–Crippen LogP) is 4.58. The van der Waals surface area contributed by atoms with Gasteiger partial charge in [0.15, 0.2) is 0 Å². The molecule has 1 saturated heterocycles. The van der Waals surface area contributed by atoms with Crippen molar-refractivity contribution in [3.05, 3.63) is 52.6 Å². The van der Waals surface area contributed by atoms with Gasteiger partial charge in [-0.2, -0.15) is 0 Å². The molecule has 0 bridgehead atoms. The Labute approximate surface area is 156 Å². The van der Waals surface area contributed by atoms with E-state index in [0.29, 0.717) is 5.92 Å². The van der Waals surface area contributed by atoms with Crippen molar-refractivity contribution in [2.75, 3.05) is 23.3 Å². The van der Waals surface area contributed by atoms with Crippen molar-refractivity contribution in [3.8, 4) is 0 Å². The van der Waals surface area contributed by atoms with E-state index in [0.717, 1.165) is 35.5 Å². The van der Waals surface area contributed by atoms with Gasteiger partial charge in [0.2, 0.25) is 5.91 Å². The number of nitrogens with one attached hydrogen (secondary N) is 1. The summed E-state index contributed by atoms with van der Waals surface area (Å²) in [7, 11) is 0. The van der Waals surface area contributed by atoms with Gasteiger partial charge >= 0.3 is 0 Å². The Morgan fingerprint density at radius 3 is 2.72 bits per heavy atom. The first kappa shape index (κ1) is 16.6. The Bertz CT molecular complexity index is 756. The molecule has 2 fully saturated rings. The van der Waals surface area contributed by atoms with Crippen molar-refractivity contribution in [2.24, 2.45) is 5.92 Å². The summed E-state index contributed by atoms with van der Waals surface area (Å²) in [5.74, 6) is 1.50. The van der Waals surface area contributed by atoms with Crippen molar-refractivity contribution >= 4 is 33.3 Å². The molecule has 2 aromatic rings. The zero-order valence-corrected chi connectivity index (χ0v) is 15.7. The first-order chi connectivity index (χ1) is 12.2. The number of piperidine rings is 1. The summed E-state index contributed by atoms with van der Waals surface area (Å²) in [5, 5.41) is 3.02. The van der Waals surface area contributed by atoms with Crippen molar-refractivity contribution in [3.63, 3.8) is 0 Å². The van der Waals surface area contributed by atoms with Crippen molar-refractivity contribution < 1.29 is 4.79 Å². The summed E-state index contributed by atoms with van der Waals surface area (Å²) >= 11 is 3.50. The molecular weight excluding hydrogens is 378 g/mol. The molecule has 1 N–H and O–H groups in total. The fourth-order valence-electron chi connectivity index (χ4n) is 3.60. The number of nitrogens with zero attached hydrogens (tertiary/aromatic N) is 2. The molecule has 2 aliphatic rings. The first-order valence-corrected chi connectivity index (χ1v) is 9.77. The van der Waals surface area contributed by atoms with Crippen LogP contribution in [0.3, 0.4) is 0 Å². The van der Waals surface area contributed by atoms with E-state index in [1.54, 1.807) is 6.20 Å². The van der Waals surface area contributed by atoms with Gasteiger partial charge in [-0.1, -0.05) is 28.1 Å². The first-order valence-electron chi connectivity index (χ1n) is 8.98. The van der Waals surface area contributed by atoms with Crippen LogP contribution in [0.25, 0.3) is 0 Å². The minimum atomic E-state index is 0.0658. The highest BCUT2D eigenvalue weighted by molar-refractivity contribution is 9.10. The smallest absolute Gasteiger partial charge is 0.228 e. The van der Waals surface area contributed by atoms with E-state index in [4.69, 9.17) is 0 Å². The molecule has 130 valence electrons. The van der Waals surface area contributed by atoms with E-state index in [9.17, 15) is 4.79 Å². The average molecular weight is 400 g/mol. The molecule has 5 heteroatoms. The molecule has 4 rings (SSSR count). The number of hydrogen-bond acceptors (Lipinski definition) is 3. The monoisotopic (exact) mass is 399 g/mol. The zero-order chi connectivity index (χ0) is 17.2. The second kappa shape index (κ2) is 7.16. The Morgan fingerprint density at radius 1 is 1.16 bits per heavy atom. The van der Waals surface area contributed by atoms with Gasteiger partial charge in [-0.15, -0.1) is 0 Å². The Morgan fingerprint density at radius 2 is 2.00 bits per heavy atom. The number of benzene rings is 1. The molecule has 0 radical (unpaired) electrons. The van der Waals surface area contributed by atoms with Crippen LogP contribution in [-0.4, -0.2) is 24.0 Å². The van der Waals surface area contributed by atoms with Gasteiger partial charge in [0, 0.05) is 23.5 Å². The molecule has 2 atom stereocenters. The minimum absolute atomic E-state index is 0.0658. The number of carbonyl (C=O) groups is 1. The molecule has 1 saturated carbocycles. The molecule has 1 aromatic heterocycles. The van der Waals surface area contributed by atoms with Crippen molar-refractivity contribution in [1.82, 2.24) is 4.98 Å². The van der Waals surface area contributed by atoms with Gasteiger partial charge in [0.25, 0.3) is 0 Å². The van der Waals surface area contributed by atoms with Gasteiger partial charge < -0.3 is 10.2 Å². The summed E-state index contributed by atoms with van der Waals surface area (Å²) in [5.41, 5.74) is 2.01. The van der Waals surface area contributed by atoms with Crippen LogP contribution in [0.1, 0.15) is 37.2 Å². The Balaban J connectivity index is 1.35. The maximum absolute atomic E-state index is 12.5. The van der Waals surface area contributed by atoms with Crippen molar-refractivity contribution in [2.45, 2.75) is 31.6 Å². The van der Waals surface area contributed by atoms with Crippen LogP contribution in [0.4, 0.5) is 11.5 Å². The van der Waals surface area contributed by atoms with Crippen LogP contribution < -0.4 is 10.2 Å². The van der Waals surface area contributed by atoms with Crippen LogP contribution in [0.15, 0.2) is 47.1 Å². The predicted molar refractivity (Wildman–Crippen MR) is 104 cm³/mol. The highest BCUT2D eigenvalue weighted by Crippen LogP contribution is 2.48. The third-order valence-electron chi connectivity index (χ3n) is 5.10. The Kier molecular flexibility index (Phi) is 4.75. The number of anilines is 2. The summed E-state index contributed by atoms with van der Waals surface area (Å²) in [6.45, 7) is 2.16. The fourth-order valence-corrected chi connectivity index (χ4v) is 4.01. The second-order valence-corrected chi connectivity index (χ2v) is 7.86. The van der Waals surface area contributed by atoms with Crippen LogP contribution in [0.5, 0.6) is 0 Å². The van der Waals surface area contributed by atoms with E-state index in [1.165, 1.54) is 24.8 Å². The normalized spacial score (nSPS) is 22.5. The second-order valence-electron chi connectivity index (χ2n) is 6.95. The molecule has 4 nitrogen and oxygen atoms in total. The summed E-state index contributed by atoms with van der Waals surface area (Å²) in [6.07, 6.45) is 6.47. The third kappa shape index (κ3) is 3.87. The van der Waals surface area contributed by atoms with Crippen LogP contribution in [0, 0.1) is 5.92 Å². The van der Waals surface area contributed by atoms with Crippen LogP contribution in [-0.2, 0) is 4.79 Å². The third-order valence-corrected chi connectivity index (χ3v) is 5.59. The van der Waals surface area contributed by atoms with E-state index >= 15 is 0 Å². The lowest BCUT2D eigenvalue weighted by atomic mass is 10.1. The average Bonchev–Trinajstić information content (AvgIpc) is 3.44. The molecular formula is C20H22BrN3O. The molecule has 25 heavy (non-hydrogen) atoms. The van der Waals surface area contributed by atoms with Gasteiger partial charge in [0.1, 0.15) is 5.82 Å². The number of pyridine rings is 1. The number of amides is 1. The maximum atomic E-state index is 12.5. The molecule has 1 amide bonds. The molecule has 0 spiro atoms. The number of aromatic nitrogens is 1. The molecule has 2 unspecified atom stereocenters. The van der Waals surface area contributed by atoms with Gasteiger partial charge in [-0.25, -0.2) is 4.98 Å². The number of hydrogen-bond donors (Lipinski definition) is 1. The van der Waals surface area contributed by atoms with Crippen LogP contribution >= 0.6 is 15.9 Å². The van der Waals surface area contributed by atoms with E-state index in [-0.39, 0.29) is 11.8 Å². The summed E-state index contributed by atoms with van der Waals surface area (Å²) < 4.78 is 1.06. The fraction of sp³-hybridized carbons (Fsp3) is 0.400. The number of rotatable bonds is 4. The van der Waals surface area contributed by atoms with Crippen molar-refractivity contribution in [1.29, 1.82) is 0 Å². The van der Waals surface area contributed by atoms with Gasteiger partial charge in [-0.05, 0) is 61.4 Å². The molecule has 1 aliphatic heterocycles. The number of carbonyl (C=O) groups excluding carboxylic acids is 1. The van der Waals surface area contributed by atoms with E-state index in [1.807, 2.05) is 24.3 Å².